The van der Waals surface area contributed by atoms with E-state index in [0.29, 0.717) is 19.5 Å². The smallest absolute Gasteiger partial charge is 0.321 e. The zero-order valence-electron chi connectivity index (χ0n) is 14.0. The molecule has 0 unspecified atom stereocenters. The van der Waals surface area contributed by atoms with Crippen LogP contribution in [0.4, 0.5) is 10.5 Å². The van der Waals surface area contributed by atoms with Crippen molar-refractivity contribution in [1.29, 1.82) is 0 Å². The number of anilines is 1. The first-order chi connectivity index (χ1) is 12.1. The average Bonchev–Trinajstić information content (AvgIpc) is 3.16. The highest BCUT2D eigenvalue weighted by Crippen LogP contribution is 2.39. The third kappa shape index (κ3) is 3.39. The van der Waals surface area contributed by atoms with E-state index in [9.17, 15) is 9.90 Å². The van der Waals surface area contributed by atoms with Gasteiger partial charge in [-0.15, -0.1) is 5.10 Å². The molecule has 1 saturated heterocycles. The minimum atomic E-state index is -0.557. The number of hydrogen-bond acceptors (Lipinski definition) is 5. The molecule has 0 spiro atoms. The van der Waals surface area contributed by atoms with Gasteiger partial charge < -0.3 is 15.3 Å². The molecule has 132 valence electrons. The standard InChI is InChI=1S/C18H22N4O2S/c23-17(22-10-9-18(24)8-2-1-3-14(18)11-22)19-15-6-4-13(5-7-15)16-12-25-21-20-16/h4-7,12,14,24H,1-3,8-11H2,(H,19,23)/t14-,18-/m0/s1. The highest BCUT2D eigenvalue weighted by atomic mass is 32.1. The lowest BCUT2D eigenvalue weighted by Crippen LogP contribution is -2.55. The Morgan fingerprint density at radius 1 is 1.28 bits per heavy atom. The summed E-state index contributed by atoms with van der Waals surface area (Å²) in [7, 11) is 0. The molecular formula is C18H22N4O2S. The summed E-state index contributed by atoms with van der Waals surface area (Å²) in [5.74, 6) is 0.209. The van der Waals surface area contributed by atoms with Crippen molar-refractivity contribution in [3.8, 4) is 11.3 Å². The lowest BCUT2D eigenvalue weighted by Gasteiger charge is -2.47. The minimum absolute atomic E-state index is 0.0873. The molecule has 1 aromatic carbocycles. The number of amides is 2. The summed E-state index contributed by atoms with van der Waals surface area (Å²) in [6.07, 6.45) is 4.81. The fraction of sp³-hybridized carbons (Fsp3) is 0.500. The van der Waals surface area contributed by atoms with Crippen molar-refractivity contribution in [3.63, 3.8) is 0 Å². The average molecular weight is 358 g/mol. The third-order valence-corrected chi connectivity index (χ3v) is 6.01. The number of piperidine rings is 1. The van der Waals surface area contributed by atoms with Gasteiger partial charge in [-0.3, -0.25) is 0 Å². The van der Waals surface area contributed by atoms with E-state index in [1.165, 1.54) is 11.5 Å². The number of carbonyl (C=O) groups is 1. The van der Waals surface area contributed by atoms with Crippen molar-refractivity contribution in [2.75, 3.05) is 18.4 Å². The van der Waals surface area contributed by atoms with E-state index < -0.39 is 5.60 Å². The Morgan fingerprint density at radius 3 is 2.88 bits per heavy atom. The van der Waals surface area contributed by atoms with Gasteiger partial charge in [0.15, 0.2) is 0 Å². The number of urea groups is 1. The zero-order valence-corrected chi connectivity index (χ0v) is 14.8. The monoisotopic (exact) mass is 358 g/mol. The van der Waals surface area contributed by atoms with E-state index in [2.05, 4.69) is 14.9 Å². The maximum atomic E-state index is 12.6. The van der Waals surface area contributed by atoms with Gasteiger partial charge in [0, 0.05) is 35.6 Å². The maximum Gasteiger partial charge on any atom is 0.321 e. The van der Waals surface area contributed by atoms with Gasteiger partial charge in [0.25, 0.3) is 0 Å². The van der Waals surface area contributed by atoms with E-state index in [1.54, 1.807) is 0 Å². The predicted molar refractivity (Wildman–Crippen MR) is 97.5 cm³/mol. The number of benzene rings is 1. The Labute approximate surface area is 151 Å². The first kappa shape index (κ1) is 16.5. The van der Waals surface area contributed by atoms with Crippen LogP contribution in [0.2, 0.25) is 0 Å². The van der Waals surface area contributed by atoms with Gasteiger partial charge in [0.2, 0.25) is 0 Å². The maximum absolute atomic E-state index is 12.6. The molecule has 2 aromatic rings. The quantitative estimate of drug-likeness (QED) is 0.863. The third-order valence-electron chi connectivity index (χ3n) is 5.51. The van der Waals surface area contributed by atoms with Crippen molar-refractivity contribution in [2.45, 2.75) is 37.7 Å². The van der Waals surface area contributed by atoms with Crippen molar-refractivity contribution < 1.29 is 9.90 Å². The number of nitrogens with zero attached hydrogens (tertiary/aromatic N) is 3. The first-order valence-corrected chi connectivity index (χ1v) is 9.63. The van der Waals surface area contributed by atoms with Crippen LogP contribution in [0.5, 0.6) is 0 Å². The number of hydrogen-bond donors (Lipinski definition) is 2. The number of likely N-dealkylation sites (tertiary alicyclic amines) is 1. The molecule has 25 heavy (non-hydrogen) atoms. The fourth-order valence-corrected chi connectivity index (χ4v) is 4.44. The predicted octanol–water partition coefficient (Wildman–Crippen LogP) is 3.36. The molecule has 6 nitrogen and oxygen atoms in total. The molecule has 2 fully saturated rings. The zero-order chi connectivity index (χ0) is 17.3. The minimum Gasteiger partial charge on any atom is -0.389 e. The summed E-state index contributed by atoms with van der Waals surface area (Å²) in [4.78, 5) is 14.4. The van der Waals surface area contributed by atoms with Gasteiger partial charge in [-0.25, -0.2) is 4.79 Å². The Bertz CT molecular complexity index is 734. The number of fused-ring (bicyclic) bond motifs is 1. The van der Waals surface area contributed by atoms with Crippen LogP contribution < -0.4 is 5.32 Å². The van der Waals surface area contributed by atoms with Gasteiger partial charge >= 0.3 is 6.03 Å². The number of rotatable bonds is 2. The Balaban J connectivity index is 1.39. The van der Waals surface area contributed by atoms with Gasteiger partial charge in [0.05, 0.1) is 5.60 Å². The molecule has 7 heteroatoms. The summed E-state index contributed by atoms with van der Waals surface area (Å²) in [6, 6.07) is 7.54. The van der Waals surface area contributed by atoms with Gasteiger partial charge in [-0.2, -0.15) is 0 Å². The van der Waals surface area contributed by atoms with E-state index in [1.807, 2.05) is 34.5 Å². The largest absolute Gasteiger partial charge is 0.389 e. The second-order valence-electron chi connectivity index (χ2n) is 7.04. The summed E-state index contributed by atoms with van der Waals surface area (Å²) >= 11 is 1.32. The lowest BCUT2D eigenvalue weighted by atomic mass is 9.71. The number of aromatic nitrogens is 2. The molecule has 0 bridgehead atoms. The number of carbonyl (C=O) groups excluding carboxylic acids is 1. The summed E-state index contributed by atoms with van der Waals surface area (Å²) in [5.41, 5.74) is 2.03. The molecule has 2 amide bonds. The Hall–Kier alpha value is -1.99. The van der Waals surface area contributed by atoms with Crippen molar-refractivity contribution in [1.82, 2.24) is 14.5 Å². The van der Waals surface area contributed by atoms with E-state index in [0.717, 1.165) is 42.6 Å². The molecule has 4 rings (SSSR count). The van der Waals surface area contributed by atoms with E-state index in [4.69, 9.17) is 0 Å². The summed E-state index contributed by atoms with van der Waals surface area (Å²) < 4.78 is 3.86. The van der Waals surface area contributed by atoms with Crippen molar-refractivity contribution in [2.24, 2.45) is 5.92 Å². The van der Waals surface area contributed by atoms with Crippen LogP contribution in [0.3, 0.4) is 0 Å². The highest BCUT2D eigenvalue weighted by molar-refractivity contribution is 7.03. The fourth-order valence-electron chi connectivity index (χ4n) is 3.97. The molecule has 0 radical (unpaired) electrons. The van der Waals surface area contributed by atoms with Crippen LogP contribution in [0.15, 0.2) is 29.6 Å². The number of nitrogens with one attached hydrogen (secondary N) is 1. The summed E-state index contributed by atoms with van der Waals surface area (Å²) in [5, 5.41) is 19.6. The SMILES string of the molecule is O=C(Nc1ccc(-c2csnn2)cc1)N1CC[C@@]2(O)CCCC[C@H]2C1. The van der Waals surface area contributed by atoms with Gasteiger partial charge in [-0.1, -0.05) is 29.5 Å². The Morgan fingerprint density at radius 2 is 2.12 bits per heavy atom. The molecule has 1 aliphatic heterocycles. The van der Waals surface area contributed by atoms with E-state index in [-0.39, 0.29) is 11.9 Å². The first-order valence-electron chi connectivity index (χ1n) is 8.80. The second kappa shape index (κ2) is 6.72. The molecule has 2 heterocycles. The molecule has 2 aliphatic rings. The van der Waals surface area contributed by atoms with Gasteiger partial charge in [-0.05, 0) is 42.9 Å². The Kier molecular flexibility index (Phi) is 4.43. The van der Waals surface area contributed by atoms with Crippen LogP contribution in [-0.2, 0) is 0 Å². The second-order valence-corrected chi connectivity index (χ2v) is 7.65. The molecule has 1 aromatic heterocycles. The van der Waals surface area contributed by atoms with Crippen LogP contribution in [0, 0.1) is 5.92 Å². The van der Waals surface area contributed by atoms with Crippen LogP contribution in [-0.4, -0.2) is 44.3 Å². The van der Waals surface area contributed by atoms with Crippen LogP contribution in [0.1, 0.15) is 32.1 Å². The molecular weight excluding hydrogens is 336 g/mol. The molecule has 1 aliphatic carbocycles. The van der Waals surface area contributed by atoms with Gasteiger partial charge in [0.1, 0.15) is 5.69 Å². The highest BCUT2D eigenvalue weighted by Gasteiger charge is 2.43. The topological polar surface area (TPSA) is 78.4 Å². The van der Waals surface area contributed by atoms with E-state index >= 15 is 0 Å². The van der Waals surface area contributed by atoms with Crippen molar-refractivity contribution in [3.05, 3.63) is 29.6 Å². The normalized spacial score (nSPS) is 26.1. The lowest BCUT2D eigenvalue weighted by molar-refractivity contribution is -0.0863. The number of aliphatic hydroxyl groups is 1. The molecule has 2 atom stereocenters. The summed E-state index contributed by atoms with van der Waals surface area (Å²) in [6.45, 7) is 1.26. The van der Waals surface area contributed by atoms with Crippen LogP contribution in [0.25, 0.3) is 11.3 Å². The molecule has 1 saturated carbocycles. The van der Waals surface area contributed by atoms with Crippen molar-refractivity contribution >= 4 is 23.3 Å². The van der Waals surface area contributed by atoms with Crippen LogP contribution >= 0.6 is 11.5 Å². The molecule has 2 N–H and O–H groups in total.